The Morgan fingerprint density at radius 2 is 1.83 bits per heavy atom. The van der Waals surface area contributed by atoms with Crippen LogP contribution in [-0.4, -0.2) is 5.78 Å². The van der Waals surface area contributed by atoms with Crippen molar-refractivity contribution in [3.63, 3.8) is 0 Å². The fourth-order valence-electron chi connectivity index (χ4n) is 3.57. The Labute approximate surface area is 110 Å². The van der Waals surface area contributed by atoms with Crippen molar-refractivity contribution < 1.29 is 4.79 Å². The highest BCUT2D eigenvalue weighted by molar-refractivity contribution is 5.98. The van der Waals surface area contributed by atoms with E-state index in [9.17, 15) is 4.79 Å². The maximum Gasteiger partial charge on any atom is 0.163 e. The highest BCUT2D eigenvalue weighted by atomic mass is 16.1. The summed E-state index contributed by atoms with van der Waals surface area (Å²) in [6.07, 6.45) is 8.57. The molecule has 1 fully saturated rings. The van der Waals surface area contributed by atoms with E-state index < -0.39 is 0 Å². The van der Waals surface area contributed by atoms with Crippen LogP contribution in [0.2, 0.25) is 0 Å². The molecular formula is C17H22O. The molecule has 1 heteroatoms. The number of hydrogen-bond donors (Lipinski definition) is 0. The Hall–Kier alpha value is -1.11. The van der Waals surface area contributed by atoms with Crippen LogP contribution in [0.5, 0.6) is 0 Å². The van der Waals surface area contributed by atoms with Crippen molar-refractivity contribution in [2.24, 2.45) is 0 Å². The third-order valence-corrected chi connectivity index (χ3v) is 4.79. The van der Waals surface area contributed by atoms with Crippen LogP contribution in [0.15, 0.2) is 18.2 Å². The number of hydrogen-bond acceptors (Lipinski definition) is 1. The molecule has 96 valence electrons. The van der Waals surface area contributed by atoms with E-state index in [2.05, 4.69) is 25.1 Å². The highest BCUT2D eigenvalue weighted by Crippen LogP contribution is 2.37. The van der Waals surface area contributed by atoms with Crippen molar-refractivity contribution >= 4 is 5.78 Å². The summed E-state index contributed by atoms with van der Waals surface area (Å²) in [6, 6.07) is 6.65. The minimum atomic E-state index is 0.346. The second-order valence-electron chi connectivity index (χ2n) is 6.04. The van der Waals surface area contributed by atoms with Crippen molar-refractivity contribution in [2.75, 3.05) is 0 Å². The van der Waals surface area contributed by atoms with Gasteiger partial charge >= 0.3 is 0 Å². The molecule has 3 rings (SSSR count). The normalized spacial score (nSPS) is 24.9. The van der Waals surface area contributed by atoms with Crippen LogP contribution in [-0.2, 0) is 0 Å². The Morgan fingerprint density at radius 3 is 2.61 bits per heavy atom. The van der Waals surface area contributed by atoms with Crippen LogP contribution in [0.3, 0.4) is 0 Å². The number of ketones is 1. The molecule has 2 aliphatic carbocycles. The maximum atomic E-state index is 11.9. The lowest BCUT2D eigenvalue weighted by Gasteiger charge is -2.26. The van der Waals surface area contributed by atoms with Crippen molar-refractivity contribution in [1.82, 2.24) is 0 Å². The van der Waals surface area contributed by atoms with Gasteiger partial charge in [-0.1, -0.05) is 44.4 Å². The van der Waals surface area contributed by atoms with Crippen molar-refractivity contribution in [3.05, 3.63) is 34.9 Å². The summed E-state index contributed by atoms with van der Waals surface area (Å²) in [4.78, 5) is 11.9. The fourth-order valence-corrected chi connectivity index (χ4v) is 3.57. The van der Waals surface area contributed by atoms with Gasteiger partial charge in [-0.05, 0) is 42.2 Å². The Balaban J connectivity index is 1.93. The monoisotopic (exact) mass is 242 g/mol. The van der Waals surface area contributed by atoms with Crippen molar-refractivity contribution in [1.29, 1.82) is 0 Å². The number of carbonyl (C=O) groups excluding carboxylic acids is 1. The number of Topliss-reactive ketones (excluding diaryl/α,β-unsaturated/α-hetero) is 1. The SMILES string of the molecule is CC1CCC(=O)c2ccc(C3CCCCC3)cc21. The zero-order valence-corrected chi connectivity index (χ0v) is 11.2. The zero-order chi connectivity index (χ0) is 12.5. The van der Waals surface area contributed by atoms with Gasteiger partial charge in [0.05, 0.1) is 0 Å². The van der Waals surface area contributed by atoms with Crippen LogP contribution in [0.1, 0.15) is 85.2 Å². The molecule has 0 N–H and O–H groups in total. The molecular weight excluding hydrogens is 220 g/mol. The van der Waals surface area contributed by atoms with E-state index in [0.717, 1.165) is 24.3 Å². The van der Waals surface area contributed by atoms with Gasteiger partial charge in [-0.2, -0.15) is 0 Å². The summed E-state index contributed by atoms with van der Waals surface area (Å²) in [6.45, 7) is 2.26. The van der Waals surface area contributed by atoms with E-state index in [0.29, 0.717) is 11.7 Å². The number of fused-ring (bicyclic) bond motifs is 1. The van der Waals surface area contributed by atoms with Crippen LogP contribution in [0, 0.1) is 0 Å². The largest absolute Gasteiger partial charge is 0.294 e. The van der Waals surface area contributed by atoms with E-state index in [1.54, 1.807) is 0 Å². The summed E-state index contributed by atoms with van der Waals surface area (Å²) in [5.74, 6) is 1.65. The molecule has 1 aromatic carbocycles. The first-order chi connectivity index (χ1) is 8.75. The summed E-state index contributed by atoms with van der Waals surface area (Å²) >= 11 is 0. The third kappa shape index (κ3) is 2.11. The summed E-state index contributed by atoms with van der Waals surface area (Å²) in [5.41, 5.74) is 3.79. The van der Waals surface area contributed by atoms with Gasteiger partial charge in [-0.15, -0.1) is 0 Å². The Kier molecular flexibility index (Phi) is 3.23. The predicted molar refractivity (Wildman–Crippen MR) is 74.2 cm³/mol. The Morgan fingerprint density at radius 1 is 1.06 bits per heavy atom. The molecule has 1 unspecified atom stereocenters. The number of benzene rings is 1. The Bertz CT molecular complexity index is 455. The molecule has 18 heavy (non-hydrogen) atoms. The topological polar surface area (TPSA) is 17.1 Å². The van der Waals surface area contributed by atoms with Gasteiger partial charge in [-0.25, -0.2) is 0 Å². The smallest absolute Gasteiger partial charge is 0.163 e. The fraction of sp³-hybridized carbons (Fsp3) is 0.588. The van der Waals surface area contributed by atoms with E-state index >= 15 is 0 Å². The van der Waals surface area contributed by atoms with E-state index in [-0.39, 0.29) is 0 Å². The second kappa shape index (κ2) is 4.87. The third-order valence-electron chi connectivity index (χ3n) is 4.79. The van der Waals surface area contributed by atoms with Gasteiger partial charge in [0, 0.05) is 12.0 Å². The average molecular weight is 242 g/mol. The minimum Gasteiger partial charge on any atom is -0.294 e. The molecule has 0 radical (unpaired) electrons. The molecule has 0 saturated heterocycles. The van der Waals surface area contributed by atoms with Gasteiger partial charge in [0.2, 0.25) is 0 Å². The number of carbonyl (C=O) groups is 1. The lowest BCUT2D eigenvalue weighted by Crippen LogP contribution is -2.15. The van der Waals surface area contributed by atoms with Crippen LogP contribution in [0.25, 0.3) is 0 Å². The van der Waals surface area contributed by atoms with Crippen LogP contribution in [0.4, 0.5) is 0 Å². The summed E-state index contributed by atoms with van der Waals surface area (Å²) in [5, 5.41) is 0. The first-order valence-corrected chi connectivity index (χ1v) is 7.43. The minimum absolute atomic E-state index is 0.346. The zero-order valence-electron chi connectivity index (χ0n) is 11.2. The molecule has 0 spiro atoms. The molecule has 0 amide bonds. The summed E-state index contributed by atoms with van der Waals surface area (Å²) in [7, 11) is 0. The van der Waals surface area contributed by atoms with Crippen LogP contribution < -0.4 is 0 Å². The quantitative estimate of drug-likeness (QED) is 0.690. The number of rotatable bonds is 1. The molecule has 1 atom stereocenters. The van der Waals surface area contributed by atoms with Crippen molar-refractivity contribution in [3.8, 4) is 0 Å². The molecule has 1 saturated carbocycles. The first-order valence-electron chi connectivity index (χ1n) is 7.43. The van der Waals surface area contributed by atoms with E-state index in [1.165, 1.54) is 43.2 Å². The van der Waals surface area contributed by atoms with Gasteiger partial charge in [0.25, 0.3) is 0 Å². The molecule has 0 heterocycles. The highest BCUT2D eigenvalue weighted by Gasteiger charge is 2.24. The molecule has 1 nitrogen and oxygen atoms in total. The first kappa shape index (κ1) is 12.0. The predicted octanol–water partition coefficient (Wildman–Crippen LogP) is 4.81. The lowest BCUT2D eigenvalue weighted by molar-refractivity contribution is 0.0968. The van der Waals surface area contributed by atoms with Crippen LogP contribution >= 0.6 is 0 Å². The van der Waals surface area contributed by atoms with Gasteiger partial charge in [-0.3, -0.25) is 4.79 Å². The molecule has 0 aromatic heterocycles. The van der Waals surface area contributed by atoms with E-state index in [4.69, 9.17) is 0 Å². The maximum absolute atomic E-state index is 11.9. The van der Waals surface area contributed by atoms with Gasteiger partial charge in [0.1, 0.15) is 0 Å². The van der Waals surface area contributed by atoms with E-state index in [1.807, 2.05) is 0 Å². The second-order valence-corrected chi connectivity index (χ2v) is 6.04. The molecule has 0 aliphatic heterocycles. The average Bonchev–Trinajstić information content (AvgIpc) is 2.44. The molecule has 1 aromatic rings. The molecule has 0 bridgehead atoms. The van der Waals surface area contributed by atoms with Gasteiger partial charge < -0.3 is 0 Å². The summed E-state index contributed by atoms with van der Waals surface area (Å²) < 4.78 is 0. The lowest BCUT2D eigenvalue weighted by atomic mass is 9.78. The molecule has 2 aliphatic rings. The van der Waals surface area contributed by atoms with Crippen molar-refractivity contribution in [2.45, 2.75) is 63.7 Å². The van der Waals surface area contributed by atoms with Gasteiger partial charge in [0.15, 0.2) is 5.78 Å². The standard InChI is InChI=1S/C17H22O/c1-12-7-10-17(18)15-9-8-14(11-16(12)15)13-5-3-2-4-6-13/h8-9,11-13H,2-7,10H2,1H3.